The van der Waals surface area contributed by atoms with Gasteiger partial charge >= 0.3 is 0 Å². The molecule has 0 unspecified atom stereocenters. The summed E-state index contributed by atoms with van der Waals surface area (Å²) in [4.78, 5) is 8.35. The lowest BCUT2D eigenvalue weighted by molar-refractivity contribution is 0.811. The van der Waals surface area contributed by atoms with Crippen LogP contribution in [0.3, 0.4) is 0 Å². The molecule has 0 aromatic carbocycles. The van der Waals surface area contributed by atoms with Crippen molar-refractivity contribution < 1.29 is 0 Å². The van der Waals surface area contributed by atoms with Gasteiger partial charge < -0.3 is 5.32 Å². The summed E-state index contributed by atoms with van der Waals surface area (Å²) in [5, 5.41) is 3.12. The van der Waals surface area contributed by atoms with E-state index < -0.39 is 0 Å². The van der Waals surface area contributed by atoms with E-state index in [2.05, 4.69) is 27.4 Å². The summed E-state index contributed by atoms with van der Waals surface area (Å²) < 4.78 is 0. The molecule has 3 heteroatoms. The number of hydrogen-bond donors (Lipinski definition) is 1. The van der Waals surface area contributed by atoms with Gasteiger partial charge in [0.15, 0.2) is 0 Å². The van der Waals surface area contributed by atoms with Gasteiger partial charge in [0.1, 0.15) is 0 Å². The summed E-state index contributed by atoms with van der Waals surface area (Å²) in [5.74, 6) is 0. The monoisotopic (exact) mass is 213 g/mol. The molecule has 2 aromatic heterocycles. The van der Waals surface area contributed by atoms with Crippen molar-refractivity contribution in [2.24, 2.45) is 0 Å². The fourth-order valence-electron chi connectivity index (χ4n) is 1.68. The van der Waals surface area contributed by atoms with Crippen molar-refractivity contribution in [1.29, 1.82) is 0 Å². The first kappa shape index (κ1) is 10.8. The zero-order valence-electron chi connectivity index (χ0n) is 9.35. The van der Waals surface area contributed by atoms with Crippen molar-refractivity contribution in [2.45, 2.75) is 13.0 Å². The van der Waals surface area contributed by atoms with E-state index in [0.29, 0.717) is 0 Å². The van der Waals surface area contributed by atoms with E-state index in [1.165, 1.54) is 16.7 Å². The van der Waals surface area contributed by atoms with Crippen molar-refractivity contribution in [1.82, 2.24) is 15.3 Å². The Balaban J connectivity index is 2.12. The van der Waals surface area contributed by atoms with E-state index in [0.717, 1.165) is 13.0 Å². The Morgan fingerprint density at radius 2 is 1.88 bits per heavy atom. The van der Waals surface area contributed by atoms with Gasteiger partial charge in [-0.1, -0.05) is 12.1 Å². The number of nitrogens with one attached hydrogen (secondary N) is 1. The Labute approximate surface area is 95.6 Å². The molecule has 0 aliphatic heterocycles. The van der Waals surface area contributed by atoms with E-state index in [9.17, 15) is 0 Å². The van der Waals surface area contributed by atoms with Gasteiger partial charge in [0, 0.05) is 37.8 Å². The molecule has 0 aliphatic rings. The number of nitrogens with zero attached hydrogens (tertiary/aromatic N) is 2. The highest BCUT2D eigenvalue weighted by molar-refractivity contribution is 5.24. The lowest BCUT2D eigenvalue weighted by Crippen LogP contribution is -2.05. The quantitative estimate of drug-likeness (QED) is 0.841. The third-order valence-electron chi connectivity index (χ3n) is 2.36. The van der Waals surface area contributed by atoms with Crippen LogP contribution < -0.4 is 5.32 Å². The van der Waals surface area contributed by atoms with Gasteiger partial charge in [0.2, 0.25) is 0 Å². The average molecular weight is 213 g/mol. The molecule has 3 nitrogen and oxygen atoms in total. The van der Waals surface area contributed by atoms with Crippen LogP contribution in [-0.2, 0) is 13.0 Å². The molecule has 0 bridgehead atoms. The molecule has 2 heterocycles. The van der Waals surface area contributed by atoms with E-state index >= 15 is 0 Å². The number of hydrogen-bond acceptors (Lipinski definition) is 3. The Bertz CT molecular complexity index is 440. The van der Waals surface area contributed by atoms with Gasteiger partial charge in [-0.25, -0.2) is 0 Å². The fourth-order valence-corrected chi connectivity index (χ4v) is 1.68. The molecular formula is C13H15N3. The minimum absolute atomic E-state index is 0.855. The Morgan fingerprint density at radius 1 is 1.06 bits per heavy atom. The van der Waals surface area contributed by atoms with Crippen LogP contribution in [0.2, 0.25) is 0 Å². The highest BCUT2D eigenvalue weighted by Crippen LogP contribution is 2.08. The molecule has 0 atom stereocenters. The van der Waals surface area contributed by atoms with Gasteiger partial charge in [-0.2, -0.15) is 0 Å². The fraction of sp³-hybridized carbons (Fsp3) is 0.231. The van der Waals surface area contributed by atoms with Crippen LogP contribution in [0.4, 0.5) is 0 Å². The molecule has 1 N–H and O–H groups in total. The van der Waals surface area contributed by atoms with Crippen LogP contribution in [0, 0.1) is 0 Å². The van der Waals surface area contributed by atoms with E-state index in [1.54, 1.807) is 6.20 Å². The zero-order valence-corrected chi connectivity index (χ0v) is 9.35. The first-order chi connectivity index (χ1) is 7.88. The van der Waals surface area contributed by atoms with Crippen LogP contribution in [0.1, 0.15) is 16.7 Å². The molecule has 0 spiro atoms. The Kier molecular flexibility index (Phi) is 3.62. The van der Waals surface area contributed by atoms with E-state index in [1.807, 2.05) is 31.7 Å². The molecule has 0 amide bonds. The summed E-state index contributed by atoms with van der Waals surface area (Å²) >= 11 is 0. The number of aromatic nitrogens is 2. The molecule has 2 rings (SSSR count). The highest BCUT2D eigenvalue weighted by atomic mass is 14.8. The molecule has 16 heavy (non-hydrogen) atoms. The average Bonchev–Trinajstić information content (AvgIpc) is 2.31. The summed E-state index contributed by atoms with van der Waals surface area (Å²) in [5.41, 5.74) is 3.65. The number of pyridine rings is 2. The van der Waals surface area contributed by atoms with Gasteiger partial charge in [0.05, 0.1) is 0 Å². The second kappa shape index (κ2) is 5.37. The lowest BCUT2D eigenvalue weighted by Gasteiger charge is -2.04. The second-order valence-electron chi connectivity index (χ2n) is 3.77. The minimum atomic E-state index is 0.855. The lowest BCUT2D eigenvalue weighted by atomic mass is 10.1. The normalized spacial score (nSPS) is 10.3. The van der Waals surface area contributed by atoms with Crippen LogP contribution in [0.15, 0.2) is 43.0 Å². The van der Waals surface area contributed by atoms with Gasteiger partial charge in [-0.3, -0.25) is 9.97 Å². The van der Waals surface area contributed by atoms with Crippen LogP contribution in [-0.4, -0.2) is 17.0 Å². The van der Waals surface area contributed by atoms with Gasteiger partial charge in [-0.15, -0.1) is 0 Å². The summed E-state index contributed by atoms with van der Waals surface area (Å²) in [6.45, 7) is 0.855. The Hall–Kier alpha value is -1.74. The van der Waals surface area contributed by atoms with Gasteiger partial charge in [0.25, 0.3) is 0 Å². The van der Waals surface area contributed by atoms with Crippen molar-refractivity contribution >= 4 is 0 Å². The molecule has 0 saturated carbocycles. The largest absolute Gasteiger partial charge is 0.316 e. The third kappa shape index (κ3) is 2.87. The first-order valence-corrected chi connectivity index (χ1v) is 5.35. The van der Waals surface area contributed by atoms with E-state index in [-0.39, 0.29) is 0 Å². The Morgan fingerprint density at radius 3 is 2.62 bits per heavy atom. The van der Waals surface area contributed by atoms with Gasteiger partial charge in [-0.05, 0) is 29.8 Å². The summed E-state index contributed by atoms with van der Waals surface area (Å²) in [6, 6.07) is 6.22. The maximum Gasteiger partial charge on any atom is 0.0313 e. The SMILES string of the molecule is CNCc1cncc(Cc2cccnc2)c1. The maximum atomic E-state index is 4.24. The standard InChI is InChI=1S/C13H15N3/c1-14-7-13-6-12(9-16-10-13)5-11-3-2-4-15-8-11/h2-4,6,8-10,14H,5,7H2,1H3. The molecule has 82 valence electrons. The maximum absolute atomic E-state index is 4.24. The van der Waals surface area contributed by atoms with E-state index in [4.69, 9.17) is 0 Å². The van der Waals surface area contributed by atoms with Crippen LogP contribution >= 0.6 is 0 Å². The van der Waals surface area contributed by atoms with Crippen molar-refractivity contribution in [3.8, 4) is 0 Å². The highest BCUT2D eigenvalue weighted by Gasteiger charge is 1.98. The molecule has 0 fully saturated rings. The predicted molar refractivity (Wildman–Crippen MR) is 64.0 cm³/mol. The summed E-state index contributed by atoms with van der Waals surface area (Å²) in [6.07, 6.45) is 8.37. The van der Waals surface area contributed by atoms with Crippen molar-refractivity contribution in [3.05, 3.63) is 59.7 Å². The topological polar surface area (TPSA) is 37.8 Å². The molecule has 0 aliphatic carbocycles. The van der Waals surface area contributed by atoms with Crippen molar-refractivity contribution in [3.63, 3.8) is 0 Å². The van der Waals surface area contributed by atoms with Crippen molar-refractivity contribution in [2.75, 3.05) is 7.05 Å². The third-order valence-corrected chi connectivity index (χ3v) is 2.36. The van der Waals surface area contributed by atoms with Crippen LogP contribution in [0.5, 0.6) is 0 Å². The molecular weight excluding hydrogens is 198 g/mol. The first-order valence-electron chi connectivity index (χ1n) is 5.35. The predicted octanol–water partition coefficient (Wildman–Crippen LogP) is 1.79. The summed E-state index contributed by atoms with van der Waals surface area (Å²) in [7, 11) is 1.94. The second-order valence-corrected chi connectivity index (χ2v) is 3.77. The molecule has 0 radical (unpaired) electrons. The van der Waals surface area contributed by atoms with Crippen LogP contribution in [0.25, 0.3) is 0 Å². The molecule has 0 saturated heterocycles. The molecule has 2 aromatic rings. The number of rotatable bonds is 4. The minimum Gasteiger partial charge on any atom is -0.316 e. The smallest absolute Gasteiger partial charge is 0.0313 e. The zero-order chi connectivity index (χ0) is 11.2.